The van der Waals surface area contributed by atoms with Gasteiger partial charge in [-0.3, -0.25) is 18.7 Å². The summed E-state index contributed by atoms with van der Waals surface area (Å²) >= 11 is 0. The number of carbonyl (C=O) groups is 1. The van der Waals surface area contributed by atoms with Gasteiger partial charge >= 0.3 is 5.69 Å². The molecule has 0 radical (unpaired) electrons. The van der Waals surface area contributed by atoms with Crippen molar-refractivity contribution in [3.63, 3.8) is 0 Å². The van der Waals surface area contributed by atoms with E-state index < -0.39 is 29.2 Å². The van der Waals surface area contributed by atoms with Gasteiger partial charge < -0.3 is 10.4 Å². The summed E-state index contributed by atoms with van der Waals surface area (Å²) in [7, 11) is 2.78. The van der Waals surface area contributed by atoms with Gasteiger partial charge in [0, 0.05) is 14.1 Å². The number of hydrogen-bond acceptors (Lipinski definition) is 4. The van der Waals surface area contributed by atoms with Crippen molar-refractivity contribution in [2.45, 2.75) is 12.0 Å². The van der Waals surface area contributed by atoms with Crippen molar-refractivity contribution in [2.75, 3.05) is 5.32 Å². The molecule has 2 unspecified atom stereocenters. The third-order valence-electron chi connectivity index (χ3n) is 3.99. The molecule has 1 amide bonds. The monoisotopic (exact) mass is 301 g/mol. The fraction of sp³-hybridized carbons (Fsp3) is 0.267. The first kappa shape index (κ1) is 14.3. The predicted molar refractivity (Wildman–Crippen MR) is 79.7 cm³/mol. The highest BCUT2D eigenvalue weighted by Gasteiger charge is 2.39. The molecule has 7 nitrogen and oxygen atoms in total. The molecule has 3 rings (SSSR count). The van der Waals surface area contributed by atoms with E-state index in [2.05, 4.69) is 5.32 Å². The molecule has 1 aliphatic heterocycles. The maximum atomic E-state index is 12.3. The van der Waals surface area contributed by atoms with Crippen LogP contribution in [0.2, 0.25) is 0 Å². The zero-order chi connectivity index (χ0) is 16.0. The number of fused-ring (bicyclic) bond motifs is 1. The molecule has 22 heavy (non-hydrogen) atoms. The minimum Gasteiger partial charge on any atom is -0.387 e. The van der Waals surface area contributed by atoms with Gasteiger partial charge in [0.1, 0.15) is 11.9 Å². The van der Waals surface area contributed by atoms with Crippen LogP contribution in [0.15, 0.2) is 39.9 Å². The van der Waals surface area contributed by atoms with Gasteiger partial charge in [0.25, 0.3) is 5.56 Å². The van der Waals surface area contributed by atoms with E-state index in [1.54, 1.807) is 30.3 Å². The Morgan fingerprint density at radius 3 is 2.32 bits per heavy atom. The standard InChI is InChI=1S/C15H15N3O4/c1-17-12-10(14(21)18(2)15(17)22)11(19)9(13(20)16-12)8-6-4-3-5-7-8/h3-7,9,11,19H,1-2H3,(H,16,20). The van der Waals surface area contributed by atoms with Crippen LogP contribution in [-0.2, 0) is 18.9 Å². The molecule has 2 atom stereocenters. The molecule has 0 saturated carbocycles. The van der Waals surface area contributed by atoms with Crippen LogP contribution in [0.4, 0.5) is 5.82 Å². The van der Waals surface area contributed by atoms with Gasteiger partial charge in [-0.25, -0.2) is 4.79 Å². The molecule has 2 aromatic rings. The second kappa shape index (κ2) is 4.96. The van der Waals surface area contributed by atoms with Crippen LogP contribution in [0.3, 0.4) is 0 Å². The minimum absolute atomic E-state index is 0.0260. The van der Waals surface area contributed by atoms with Crippen LogP contribution in [-0.4, -0.2) is 20.1 Å². The summed E-state index contributed by atoms with van der Waals surface area (Å²) in [5, 5.41) is 13.1. The van der Waals surface area contributed by atoms with E-state index in [0.29, 0.717) is 5.56 Å². The van der Waals surface area contributed by atoms with E-state index >= 15 is 0 Å². The number of aliphatic hydroxyl groups excluding tert-OH is 1. The molecule has 0 fully saturated rings. The molecule has 1 aromatic heterocycles. The summed E-state index contributed by atoms with van der Waals surface area (Å²) in [4.78, 5) is 36.6. The van der Waals surface area contributed by atoms with Gasteiger partial charge in [0.15, 0.2) is 0 Å². The fourth-order valence-corrected chi connectivity index (χ4v) is 2.79. The first-order chi connectivity index (χ1) is 10.4. The number of nitrogens with one attached hydrogen (secondary N) is 1. The van der Waals surface area contributed by atoms with Crippen LogP contribution >= 0.6 is 0 Å². The highest BCUT2D eigenvalue weighted by atomic mass is 16.3. The first-order valence-corrected chi connectivity index (χ1v) is 6.77. The second-order valence-electron chi connectivity index (χ2n) is 5.29. The Morgan fingerprint density at radius 1 is 1.05 bits per heavy atom. The summed E-state index contributed by atoms with van der Waals surface area (Å²) in [6.07, 6.45) is -1.31. The Labute approximate surface area is 125 Å². The van der Waals surface area contributed by atoms with Gasteiger partial charge in [-0.2, -0.15) is 0 Å². The normalized spacial score (nSPS) is 20.4. The summed E-state index contributed by atoms with van der Waals surface area (Å²) < 4.78 is 2.07. The summed E-state index contributed by atoms with van der Waals surface area (Å²) in [5.41, 5.74) is -0.534. The average Bonchev–Trinajstić information content (AvgIpc) is 2.51. The number of carbonyl (C=O) groups excluding carboxylic acids is 1. The van der Waals surface area contributed by atoms with E-state index in [1.165, 1.54) is 14.1 Å². The molecule has 0 bridgehead atoms. The Balaban J connectivity index is 2.25. The molecule has 2 heterocycles. The van der Waals surface area contributed by atoms with Crippen LogP contribution < -0.4 is 16.6 Å². The fourth-order valence-electron chi connectivity index (χ4n) is 2.79. The van der Waals surface area contributed by atoms with E-state index in [0.717, 1.165) is 9.13 Å². The quantitative estimate of drug-likeness (QED) is 0.766. The molecule has 2 N–H and O–H groups in total. The molecule has 1 aromatic carbocycles. The van der Waals surface area contributed by atoms with Gasteiger partial charge in [-0.1, -0.05) is 30.3 Å². The zero-order valence-electron chi connectivity index (χ0n) is 12.1. The van der Waals surface area contributed by atoms with Crippen molar-refractivity contribution < 1.29 is 9.90 Å². The van der Waals surface area contributed by atoms with Crippen molar-refractivity contribution >= 4 is 11.7 Å². The Kier molecular flexibility index (Phi) is 3.22. The van der Waals surface area contributed by atoms with Gasteiger partial charge in [-0.05, 0) is 5.56 Å². The minimum atomic E-state index is -1.31. The molecule has 0 spiro atoms. The Morgan fingerprint density at radius 2 is 1.68 bits per heavy atom. The zero-order valence-corrected chi connectivity index (χ0v) is 12.1. The van der Waals surface area contributed by atoms with E-state index in [1.807, 2.05) is 0 Å². The van der Waals surface area contributed by atoms with Crippen molar-refractivity contribution in [1.82, 2.24) is 9.13 Å². The lowest BCUT2D eigenvalue weighted by molar-refractivity contribution is -0.120. The lowest BCUT2D eigenvalue weighted by Gasteiger charge is -2.30. The van der Waals surface area contributed by atoms with Crippen LogP contribution in [0.25, 0.3) is 0 Å². The highest BCUT2D eigenvalue weighted by molar-refractivity contribution is 5.98. The molecule has 114 valence electrons. The summed E-state index contributed by atoms with van der Waals surface area (Å²) in [6, 6.07) is 8.73. The van der Waals surface area contributed by atoms with Gasteiger partial charge in [-0.15, -0.1) is 0 Å². The Bertz CT molecular complexity index is 867. The molecule has 0 aliphatic carbocycles. The van der Waals surface area contributed by atoms with Crippen molar-refractivity contribution in [2.24, 2.45) is 14.1 Å². The predicted octanol–water partition coefficient (Wildman–Crippen LogP) is -0.147. The highest BCUT2D eigenvalue weighted by Crippen LogP contribution is 2.37. The number of aliphatic hydroxyl groups is 1. The van der Waals surface area contributed by atoms with E-state index in [4.69, 9.17) is 0 Å². The first-order valence-electron chi connectivity index (χ1n) is 6.77. The number of nitrogens with zero attached hydrogens (tertiary/aromatic N) is 2. The third-order valence-corrected chi connectivity index (χ3v) is 3.99. The van der Waals surface area contributed by atoms with E-state index in [-0.39, 0.29) is 11.4 Å². The summed E-state index contributed by atoms with van der Waals surface area (Å²) in [6.45, 7) is 0. The van der Waals surface area contributed by atoms with Crippen molar-refractivity contribution in [1.29, 1.82) is 0 Å². The lowest BCUT2D eigenvalue weighted by atomic mass is 9.86. The summed E-state index contributed by atoms with van der Waals surface area (Å²) in [5.74, 6) is -1.29. The smallest absolute Gasteiger partial charge is 0.332 e. The Hall–Kier alpha value is -2.67. The van der Waals surface area contributed by atoms with Crippen LogP contribution in [0.1, 0.15) is 23.1 Å². The number of hydrogen-bond donors (Lipinski definition) is 2. The maximum Gasteiger partial charge on any atom is 0.332 e. The van der Waals surface area contributed by atoms with Crippen molar-refractivity contribution in [3.8, 4) is 0 Å². The third kappa shape index (κ3) is 1.90. The number of aromatic nitrogens is 2. The van der Waals surface area contributed by atoms with Gasteiger partial charge in [0.2, 0.25) is 5.91 Å². The van der Waals surface area contributed by atoms with Crippen molar-refractivity contribution in [3.05, 3.63) is 62.3 Å². The second-order valence-corrected chi connectivity index (χ2v) is 5.29. The van der Waals surface area contributed by atoms with Crippen LogP contribution in [0.5, 0.6) is 0 Å². The molecular weight excluding hydrogens is 286 g/mol. The topological polar surface area (TPSA) is 93.3 Å². The number of rotatable bonds is 1. The maximum absolute atomic E-state index is 12.3. The largest absolute Gasteiger partial charge is 0.387 e. The number of benzene rings is 1. The molecule has 1 aliphatic rings. The molecule has 7 heteroatoms. The molecule has 0 saturated heterocycles. The average molecular weight is 301 g/mol. The lowest BCUT2D eigenvalue weighted by Crippen LogP contribution is -2.46. The van der Waals surface area contributed by atoms with E-state index in [9.17, 15) is 19.5 Å². The van der Waals surface area contributed by atoms with Gasteiger partial charge in [0.05, 0.1) is 11.5 Å². The molecular formula is C15H15N3O4. The number of anilines is 1. The number of amides is 1. The van der Waals surface area contributed by atoms with Crippen LogP contribution in [0, 0.1) is 0 Å². The SMILES string of the molecule is Cn1c2c(c(=O)n(C)c1=O)C(O)C(c1ccccc1)C(=O)N2.